The topological polar surface area (TPSA) is 68.0 Å². The zero-order valence-electron chi connectivity index (χ0n) is 13.3. The minimum atomic E-state index is -0.346. The molecule has 0 bridgehead atoms. The predicted molar refractivity (Wildman–Crippen MR) is 99.1 cm³/mol. The second-order valence-corrected chi connectivity index (χ2v) is 7.16. The molecular weight excluding hydrogens is 373 g/mol. The van der Waals surface area contributed by atoms with Gasteiger partial charge in [-0.25, -0.2) is 14.4 Å². The van der Waals surface area contributed by atoms with E-state index < -0.39 is 0 Å². The maximum atomic E-state index is 13.7. The minimum absolute atomic E-state index is 0.276. The van der Waals surface area contributed by atoms with Gasteiger partial charge in [0.15, 0.2) is 10.9 Å². The summed E-state index contributed by atoms with van der Waals surface area (Å²) in [4.78, 5) is 21.0. The first-order valence-corrected chi connectivity index (χ1v) is 9.43. The summed E-state index contributed by atoms with van der Waals surface area (Å²) in [5.41, 5.74) is 1.50. The molecule has 0 aliphatic carbocycles. The van der Waals surface area contributed by atoms with E-state index in [-0.39, 0.29) is 17.4 Å². The van der Waals surface area contributed by atoms with Crippen molar-refractivity contribution in [3.63, 3.8) is 0 Å². The molecule has 0 spiro atoms. The molecule has 1 N–H and O–H groups in total. The van der Waals surface area contributed by atoms with Crippen LogP contribution in [-0.2, 0) is 6.42 Å². The molecule has 0 saturated carbocycles. The van der Waals surface area contributed by atoms with Crippen LogP contribution in [0.3, 0.4) is 0 Å². The molecule has 0 fully saturated rings. The highest BCUT2D eigenvalue weighted by atomic mass is 32.1. The number of rotatable bonds is 5. The molecule has 26 heavy (non-hydrogen) atoms. The van der Waals surface area contributed by atoms with Crippen LogP contribution >= 0.6 is 22.7 Å². The summed E-state index contributed by atoms with van der Waals surface area (Å²) in [6.45, 7) is 0. The second-order valence-electron chi connectivity index (χ2n) is 5.36. The van der Waals surface area contributed by atoms with Crippen molar-refractivity contribution in [2.45, 2.75) is 6.42 Å². The lowest BCUT2D eigenvalue weighted by molar-refractivity contribution is 0.102. The SMILES string of the molecule is O=C(Nc1nc(-c2ccco2)cs1)c1csc(Cc2ccccc2F)n1. The number of amides is 1. The highest BCUT2D eigenvalue weighted by Crippen LogP contribution is 2.25. The van der Waals surface area contributed by atoms with E-state index in [1.54, 1.807) is 47.4 Å². The molecule has 4 rings (SSSR count). The van der Waals surface area contributed by atoms with E-state index in [0.29, 0.717) is 33.6 Å². The number of halogens is 1. The fourth-order valence-electron chi connectivity index (χ4n) is 2.33. The van der Waals surface area contributed by atoms with Gasteiger partial charge >= 0.3 is 0 Å². The third-order valence-corrected chi connectivity index (χ3v) is 5.19. The molecular formula is C18H12FN3O2S2. The molecule has 5 nitrogen and oxygen atoms in total. The van der Waals surface area contributed by atoms with Gasteiger partial charge in [-0.15, -0.1) is 22.7 Å². The van der Waals surface area contributed by atoms with Gasteiger partial charge in [0.25, 0.3) is 5.91 Å². The normalized spacial score (nSPS) is 10.8. The number of hydrogen-bond donors (Lipinski definition) is 1. The molecule has 0 aliphatic rings. The van der Waals surface area contributed by atoms with Gasteiger partial charge in [-0.05, 0) is 23.8 Å². The zero-order chi connectivity index (χ0) is 17.9. The number of thiazole rings is 2. The summed E-state index contributed by atoms with van der Waals surface area (Å²) in [5, 5.41) is 7.33. The van der Waals surface area contributed by atoms with Crippen molar-refractivity contribution in [1.82, 2.24) is 9.97 Å². The second kappa shape index (κ2) is 7.19. The van der Waals surface area contributed by atoms with Gasteiger partial charge in [0.1, 0.15) is 17.2 Å². The number of anilines is 1. The van der Waals surface area contributed by atoms with E-state index in [4.69, 9.17) is 4.42 Å². The summed E-state index contributed by atoms with van der Waals surface area (Å²) in [6.07, 6.45) is 1.92. The van der Waals surface area contributed by atoms with Crippen molar-refractivity contribution in [3.8, 4) is 11.5 Å². The molecule has 4 aromatic rings. The molecule has 0 atom stereocenters. The van der Waals surface area contributed by atoms with Gasteiger partial charge < -0.3 is 4.42 Å². The molecule has 3 heterocycles. The Kier molecular flexibility index (Phi) is 4.59. The van der Waals surface area contributed by atoms with Crippen LogP contribution < -0.4 is 5.32 Å². The van der Waals surface area contributed by atoms with Crippen molar-refractivity contribution in [1.29, 1.82) is 0 Å². The molecule has 1 amide bonds. The van der Waals surface area contributed by atoms with Crippen LogP contribution in [-0.4, -0.2) is 15.9 Å². The lowest BCUT2D eigenvalue weighted by Crippen LogP contribution is -2.12. The zero-order valence-corrected chi connectivity index (χ0v) is 14.9. The highest BCUT2D eigenvalue weighted by molar-refractivity contribution is 7.14. The Morgan fingerprint density at radius 2 is 2.00 bits per heavy atom. The van der Waals surface area contributed by atoms with E-state index in [0.717, 1.165) is 0 Å². The van der Waals surface area contributed by atoms with Crippen LogP contribution in [0.4, 0.5) is 9.52 Å². The van der Waals surface area contributed by atoms with Crippen molar-refractivity contribution >= 4 is 33.7 Å². The molecule has 0 radical (unpaired) electrons. The van der Waals surface area contributed by atoms with E-state index >= 15 is 0 Å². The van der Waals surface area contributed by atoms with Crippen LogP contribution in [0, 0.1) is 5.82 Å². The van der Waals surface area contributed by atoms with Crippen LogP contribution in [0.15, 0.2) is 57.8 Å². The van der Waals surface area contributed by atoms with Crippen LogP contribution in [0.5, 0.6) is 0 Å². The van der Waals surface area contributed by atoms with E-state index in [2.05, 4.69) is 15.3 Å². The summed E-state index contributed by atoms with van der Waals surface area (Å²) in [5.74, 6) is 0.0194. The Labute approximate surface area is 156 Å². The first-order chi connectivity index (χ1) is 12.7. The Morgan fingerprint density at radius 1 is 1.12 bits per heavy atom. The number of aromatic nitrogens is 2. The maximum absolute atomic E-state index is 13.7. The summed E-state index contributed by atoms with van der Waals surface area (Å²) >= 11 is 2.63. The number of hydrogen-bond acceptors (Lipinski definition) is 6. The fraction of sp³-hybridized carbons (Fsp3) is 0.0556. The van der Waals surface area contributed by atoms with Gasteiger partial charge in [0.2, 0.25) is 0 Å². The molecule has 130 valence electrons. The largest absolute Gasteiger partial charge is 0.463 e. The Bertz CT molecular complexity index is 1040. The lowest BCUT2D eigenvalue weighted by Gasteiger charge is -2.00. The van der Waals surface area contributed by atoms with Crippen LogP contribution in [0.25, 0.3) is 11.5 Å². The summed E-state index contributed by atoms with van der Waals surface area (Å²) in [7, 11) is 0. The molecule has 8 heteroatoms. The fourth-order valence-corrected chi connectivity index (χ4v) is 3.82. The van der Waals surface area contributed by atoms with Crippen LogP contribution in [0.1, 0.15) is 21.1 Å². The first-order valence-electron chi connectivity index (χ1n) is 7.67. The van der Waals surface area contributed by atoms with Crippen molar-refractivity contribution < 1.29 is 13.6 Å². The first kappa shape index (κ1) is 16.6. The molecule has 0 aliphatic heterocycles. The monoisotopic (exact) mass is 385 g/mol. The maximum Gasteiger partial charge on any atom is 0.276 e. The van der Waals surface area contributed by atoms with Crippen molar-refractivity contribution in [3.05, 3.63) is 75.5 Å². The molecule has 0 unspecified atom stereocenters. The van der Waals surface area contributed by atoms with Gasteiger partial charge in [-0.1, -0.05) is 18.2 Å². The van der Waals surface area contributed by atoms with Crippen LogP contribution in [0.2, 0.25) is 0 Å². The van der Waals surface area contributed by atoms with Gasteiger partial charge in [0.05, 0.1) is 11.3 Å². The summed E-state index contributed by atoms with van der Waals surface area (Å²) in [6, 6.07) is 10.1. The third-order valence-electron chi connectivity index (χ3n) is 3.58. The standard InChI is InChI=1S/C18H12FN3O2S2/c19-12-5-2-1-4-11(12)8-16-20-14(10-25-16)17(23)22-18-21-13(9-26-18)15-6-3-7-24-15/h1-7,9-10H,8H2,(H,21,22,23). The molecule has 3 aromatic heterocycles. The van der Waals surface area contributed by atoms with Gasteiger partial charge in [-0.3, -0.25) is 10.1 Å². The number of benzene rings is 1. The van der Waals surface area contributed by atoms with Crippen molar-refractivity contribution in [2.75, 3.05) is 5.32 Å². The number of furan rings is 1. The Morgan fingerprint density at radius 3 is 2.81 bits per heavy atom. The summed E-state index contributed by atoms with van der Waals surface area (Å²) < 4.78 is 19.0. The number of nitrogens with one attached hydrogen (secondary N) is 1. The average molecular weight is 385 g/mol. The van der Waals surface area contributed by atoms with Gasteiger partial charge in [0, 0.05) is 17.2 Å². The molecule has 1 aromatic carbocycles. The third kappa shape index (κ3) is 3.56. The minimum Gasteiger partial charge on any atom is -0.463 e. The average Bonchev–Trinajstić information content (AvgIpc) is 3.38. The highest BCUT2D eigenvalue weighted by Gasteiger charge is 2.15. The quantitative estimate of drug-likeness (QED) is 0.534. The molecule has 0 saturated heterocycles. The van der Waals surface area contributed by atoms with E-state index in [1.807, 2.05) is 0 Å². The number of carbonyl (C=O) groups is 1. The van der Waals surface area contributed by atoms with E-state index in [1.165, 1.54) is 28.7 Å². The Balaban J connectivity index is 1.44. The number of carbonyl (C=O) groups excluding carboxylic acids is 1. The van der Waals surface area contributed by atoms with E-state index in [9.17, 15) is 9.18 Å². The predicted octanol–water partition coefficient (Wildman–Crippen LogP) is 4.84. The smallest absolute Gasteiger partial charge is 0.276 e. The van der Waals surface area contributed by atoms with Gasteiger partial charge in [-0.2, -0.15) is 0 Å². The lowest BCUT2D eigenvalue weighted by atomic mass is 10.1. The van der Waals surface area contributed by atoms with Crippen molar-refractivity contribution in [2.24, 2.45) is 0 Å². The Hall–Kier alpha value is -2.84. The number of nitrogens with zero attached hydrogens (tertiary/aromatic N) is 2.